The lowest BCUT2D eigenvalue weighted by molar-refractivity contribution is -0.165. The number of nitrogens with two attached hydrogens (primary N) is 1. The van der Waals surface area contributed by atoms with Crippen LogP contribution in [0.3, 0.4) is 0 Å². The molecule has 1 saturated carbocycles. The first-order valence-corrected chi connectivity index (χ1v) is 9.54. The van der Waals surface area contributed by atoms with E-state index in [2.05, 4.69) is 4.98 Å². The first-order chi connectivity index (χ1) is 13.9. The molecule has 30 heavy (non-hydrogen) atoms. The Bertz CT molecular complexity index is 1120. The van der Waals surface area contributed by atoms with Crippen LogP contribution in [-0.2, 0) is 0 Å². The monoisotopic (exact) mass is 431 g/mol. The highest BCUT2D eigenvalue weighted by Gasteiger charge is 2.45. The lowest BCUT2D eigenvalue weighted by atomic mass is 9.82. The van der Waals surface area contributed by atoms with Crippen molar-refractivity contribution in [3.63, 3.8) is 0 Å². The molecule has 0 bridgehead atoms. The van der Waals surface area contributed by atoms with E-state index in [0.717, 1.165) is 6.07 Å². The molecule has 4 rings (SSSR count). The fraction of sp³-hybridized carbons (Fsp3) is 0.611. The minimum atomic E-state index is -4.52. The van der Waals surface area contributed by atoms with Gasteiger partial charge < -0.3 is 15.8 Å². The maximum absolute atomic E-state index is 14.8. The van der Waals surface area contributed by atoms with E-state index in [0.29, 0.717) is 17.5 Å². The van der Waals surface area contributed by atoms with E-state index in [9.17, 15) is 32.3 Å². The Kier molecular flexibility index (Phi) is 4.60. The number of anilines is 1. The average molecular weight is 431 g/mol. The fourth-order valence-corrected chi connectivity index (χ4v) is 4.02. The van der Waals surface area contributed by atoms with Crippen molar-refractivity contribution in [2.24, 2.45) is 5.41 Å². The molecule has 2 fully saturated rings. The summed E-state index contributed by atoms with van der Waals surface area (Å²) in [5, 5.41) is 9.97. The van der Waals surface area contributed by atoms with Gasteiger partial charge in [-0.15, -0.1) is 0 Å². The van der Waals surface area contributed by atoms with Gasteiger partial charge in [0.25, 0.3) is 5.56 Å². The number of pyridine rings is 1. The van der Waals surface area contributed by atoms with Gasteiger partial charge in [-0.05, 0) is 25.3 Å². The number of nitrogens with zero attached hydrogens (tertiary/aromatic N) is 4. The molecule has 12 heteroatoms. The lowest BCUT2D eigenvalue weighted by Crippen LogP contribution is -2.45. The molecule has 2 unspecified atom stereocenters. The van der Waals surface area contributed by atoms with Crippen molar-refractivity contribution in [3.05, 3.63) is 32.7 Å². The van der Waals surface area contributed by atoms with Crippen molar-refractivity contribution in [2.45, 2.75) is 50.9 Å². The SMILES string of the molecule is CC1(C(O)CC(F)(F)F)CCN(c2nc3c(cc2F)c(=O)n(N)c(=O)n3C2CC2)C1. The minimum Gasteiger partial charge on any atom is -0.392 e. The van der Waals surface area contributed by atoms with E-state index in [1.54, 1.807) is 0 Å². The third kappa shape index (κ3) is 3.42. The van der Waals surface area contributed by atoms with Gasteiger partial charge in [0.2, 0.25) is 0 Å². The minimum absolute atomic E-state index is 0.00459. The summed E-state index contributed by atoms with van der Waals surface area (Å²) in [5.74, 6) is 4.51. The Morgan fingerprint density at radius 1 is 1.37 bits per heavy atom. The molecule has 164 valence electrons. The lowest BCUT2D eigenvalue weighted by Gasteiger charge is -2.31. The molecule has 0 aromatic carbocycles. The molecule has 0 radical (unpaired) electrons. The van der Waals surface area contributed by atoms with Gasteiger partial charge in [0.15, 0.2) is 17.3 Å². The van der Waals surface area contributed by atoms with Crippen LogP contribution in [0.2, 0.25) is 0 Å². The first-order valence-electron chi connectivity index (χ1n) is 9.54. The number of fused-ring (bicyclic) bond motifs is 1. The second-order valence-corrected chi connectivity index (χ2v) is 8.38. The van der Waals surface area contributed by atoms with E-state index in [-0.39, 0.29) is 42.4 Å². The Morgan fingerprint density at radius 3 is 2.63 bits per heavy atom. The van der Waals surface area contributed by atoms with Crippen molar-refractivity contribution in [1.82, 2.24) is 14.2 Å². The summed E-state index contributed by atoms with van der Waals surface area (Å²) >= 11 is 0. The Balaban J connectivity index is 1.75. The van der Waals surface area contributed by atoms with Crippen molar-refractivity contribution >= 4 is 16.9 Å². The van der Waals surface area contributed by atoms with Gasteiger partial charge >= 0.3 is 11.9 Å². The molecule has 3 heterocycles. The Hall–Kier alpha value is -2.63. The van der Waals surface area contributed by atoms with Crippen LogP contribution in [0, 0.1) is 11.2 Å². The van der Waals surface area contributed by atoms with Gasteiger partial charge in [0, 0.05) is 24.5 Å². The van der Waals surface area contributed by atoms with Gasteiger partial charge in [-0.25, -0.2) is 14.2 Å². The predicted octanol–water partition coefficient (Wildman–Crippen LogP) is 1.28. The molecule has 8 nitrogen and oxygen atoms in total. The number of nitrogen functional groups attached to an aromatic ring is 1. The highest BCUT2D eigenvalue weighted by molar-refractivity contribution is 5.77. The van der Waals surface area contributed by atoms with Gasteiger partial charge in [-0.3, -0.25) is 9.36 Å². The summed E-state index contributed by atoms with van der Waals surface area (Å²) in [6.45, 7) is 1.62. The highest BCUT2D eigenvalue weighted by Crippen LogP contribution is 2.41. The molecule has 1 aliphatic carbocycles. The average Bonchev–Trinajstić information content (AvgIpc) is 3.40. The third-order valence-corrected chi connectivity index (χ3v) is 5.97. The number of hydrogen-bond donors (Lipinski definition) is 2. The van der Waals surface area contributed by atoms with E-state index >= 15 is 0 Å². The molecule has 0 spiro atoms. The molecule has 3 N–H and O–H groups in total. The van der Waals surface area contributed by atoms with Gasteiger partial charge in [0.1, 0.15) is 0 Å². The number of halogens is 4. The standard InChI is InChI=1S/C18H21F4N5O3/c1-17(12(28)7-18(20,21)22)4-5-25(8-17)14-11(19)6-10-13(24-14)26(9-2-3-9)16(30)27(23)15(10)29/h6,9,12,28H,2-5,7-8,23H2,1H3. The fourth-order valence-electron chi connectivity index (χ4n) is 4.02. The molecule has 1 saturated heterocycles. The molecular formula is C18H21F4N5O3. The van der Waals surface area contributed by atoms with Crippen molar-refractivity contribution < 1.29 is 22.7 Å². The van der Waals surface area contributed by atoms with Crippen molar-refractivity contribution in [2.75, 3.05) is 23.8 Å². The molecule has 2 aromatic rings. The van der Waals surface area contributed by atoms with Crippen molar-refractivity contribution in [3.8, 4) is 0 Å². The van der Waals surface area contributed by atoms with Crippen LogP contribution in [0.5, 0.6) is 0 Å². The van der Waals surface area contributed by atoms with Crippen LogP contribution in [0.4, 0.5) is 23.4 Å². The number of aliphatic hydroxyl groups is 1. The zero-order valence-corrected chi connectivity index (χ0v) is 16.1. The van der Waals surface area contributed by atoms with Crippen molar-refractivity contribution in [1.29, 1.82) is 0 Å². The third-order valence-electron chi connectivity index (χ3n) is 5.97. The van der Waals surface area contributed by atoms with Crippen LogP contribution in [0.25, 0.3) is 11.0 Å². The zero-order chi connectivity index (χ0) is 22.0. The molecular weight excluding hydrogens is 410 g/mol. The zero-order valence-electron chi connectivity index (χ0n) is 16.1. The van der Waals surface area contributed by atoms with E-state index in [1.165, 1.54) is 16.4 Å². The first kappa shape index (κ1) is 20.6. The van der Waals surface area contributed by atoms with Crippen LogP contribution in [-0.4, -0.2) is 44.7 Å². The summed E-state index contributed by atoms with van der Waals surface area (Å²) in [7, 11) is 0. The summed E-state index contributed by atoms with van der Waals surface area (Å²) in [5.41, 5.74) is -2.76. The second-order valence-electron chi connectivity index (χ2n) is 8.38. The second kappa shape index (κ2) is 6.69. The molecule has 1 aliphatic heterocycles. The summed E-state index contributed by atoms with van der Waals surface area (Å²) in [6, 6.07) is 0.752. The number of aromatic nitrogens is 3. The summed E-state index contributed by atoms with van der Waals surface area (Å²) in [4.78, 5) is 30.4. The maximum Gasteiger partial charge on any atom is 0.391 e. The largest absolute Gasteiger partial charge is 0.392 e. The van der Waals surface area contributed by atoms with Crippen LogP contribution in [0.15, 0.2) is 15.7 Å². The summed E-state index contributed by atoms with van der Waals surface area (Å²) in [6.07, 6.45) is -5.96. The van der Waals surface area contributed by atoms with Gasteiger partial charge in [-0.1, -0.05) is 6.92 Å². The molecule has 2 aliphatic rings. The molecule has 2 aromatic heterocycles. The van der Waals surface area contributed by atoms with Gasteiger partial charge in [0.05, 0.1) is 17.9 Å². The van der Waals surface area contributed by atoms with Crippen LogP contribution < -0.4 is 22.0 Å². The highest BCUT2D eigenvalue weighted by atomic mass is 19.4. The number of rotatable bonds is 4. The van der Waals surface area contributed by atoms with Gasteiger partial charge in [-0.2, -0.15) is 17.8 Å². The van der Waals surface area contributed by atoms with Crippen LogP contribution in [0.1, 0.15) is 38.6 Å². The smallest absolute Gasteiger partial charge is 0.391 e. The predicted molar refractivity (Wildman–Crippen MR) is 100 cm³/mol. The molecule has 0 amide bonds. The Labute approximate surface area is 167 Å². The quantitative estimate of drug-likeness (QED) is 0.558. The van der Waals surface area contributed by atoms with Crippen LogP contribution >= 0.6 is 0 Å². The van der Waals surface area contributed by atoms with E-state index in [1.807, 2.05) is 0 Å². The topological polar surface area (TPSA) is 106 Å². The summed E-state index contributed by atoms with van der Waals surface area (Å²) < 4.78 is 54.6. The normalized spacial score (nSPS) is 23.3. The number of aliphatic hydroxyl groups excluding tert-OH is 1. The number of alkyl halides is 3. The Morgan fingerprint density at radius 2 is 2.03 bits per heavy atom. The number of hydrogen-bond acceptors (Lipinski definition) is 6. The van der Waals surface area contributed by atoms with E-state index in [4.69, 9.17) is 5.84 Å². The maximum atomic E-state index is 14.8. The van der Waals surface area contributed by atoms with E-state index < -0.39 is 41.2 Å². The molecule has 2 atom stereocenters.